The van der Waals surface area contributed by atoms with Gasteiger partial charge in [-0.1, -0.05) is 6.07 Å². The fourth-order valence-corrected chi connectivity index (χ4v) is 1.24. The molecule has 0 atom stereocenters. The minimum absolute atomic E-state index is 0.0498. The van der Waals surface area contributed by atoms with E-state index in [0.29, 0.717) is 24.7 Å². The first-order valence-corrected chi connectivity index (χ1v) is 4.46. The third-order valence-corrected chi connectivity index (χ3v) is 1.91. The van der Waals surface area contributed by atoms with E-state index in [1.807, 2.05) is 0 Å². The lowest BCUT2D eigenvalue weighted by Gasteiger charge is -1.99. The zero-order chi connectivity index (χ0) is 9.80. The molecule has 0 amide bonds. The van der Waals surface area contributed by atoms with E-state index in [1.54, 1.807) is 24.4 Å². The number of Topliss-reactive ketones (excluding diaryl/α,β-unsaturated/α-hetero) is 1. The van der Waals surface area contributed by atoms with Gasteiger partial charge < -0.3 is 4.74 Å². The SMILES string of the molecule is O=C(CC1=NCCO1)c1ccccn1. The van der Waals surface area contributed by atoms with E-state index in [0.717, 1.165) is 0 Å². The Hall–Kier alpha value is -1.71. The van der Waals surface area contributed by atoms with Crippen molar-refractivity contribution in [2.45, 2.75) is 6.42 Å². The maximum absolute atomic E-state index is 11.6. The highest BCUT2D eigenvalue weighted by molar-refractivity contribution is 6.06. The average molecular weight is 190 g/mol. The predicted molar refractivity (Wildman–Crippen MR) is 51.4 cm³/mol. The summed E-state index contributed by atoms with van der Waals surface area (Å²) in [4.78, 5) is 19.6. The van der Waals surface area contributed by atoms with Crippen LogP contribution < -0.4 is 0 Å². The third kappa shape index (κ3) is 1.96. The molecule has 72 valence electrons. The Balaban J connectivity index is 2.03. The van der Waals surface area contributed by atoms with E-state index in [1.165, 1.54) is 0 Å². The number of carbonyl (C=O) groups is 1. The molecule has 4 nitrogen and oxygen atoms in total. The molecule has 0 fully saturated rings. The molecule has 4 heteroatoms. The van der Waals surface area contributed by atoms with E-state index in [2.05, 4.69) is 9.98 Å². The molecule has 0 bridgehead atoms. The largest absolute Gasteiger partial charge is 0.479 e. The van der Waals surface area contributed by atoms with Crippen molar-refractivity contribution in [3.63, 3.8) is 0 Å². The van der Waals surface area contributed by atoms with E-state index in [4.69, 9.17) is 4.74 Å². The van der Waals surface area contributed by atoms with Crippen LogP contribution in [0.5, 0.6) is 0 Å². The van der Waals surface area contributed by atoms with Gasteiger partial charge in [0.05, 0.1) is 13.0 Å². The van der Waals surface area contributed by atoms with Gasteiger partial charge in [0.25, 0.3) is 0 Å². The van der Waals surface area contributed by atoms with Crippen LogP contribution in [0, 0.1) is 0 Å². The molecule has 0 aromatic carbocycles. The van der Waals surface area contributed by atoms with Crippen molar-refractivity contribution in [1.82, 2.24) is 4.98 Å². The van der Waals surface area contributed by atoms with Gasteiger partial charge in [-0.15, -0.1) is 0 Å². The minimum atomic E-state index is -0.0498. The molecule has 0 unspecified atom stereocenters. The average Bonchev–Trinajstić information content (AvgIpc) is 2.72. The van der Waals surface area contributed by atoms with Crippen molar-refractivity contribution < 1.29 is 9.53 Å². The van der Waals surface area contributed by atoms with E-state index in [-0.39, 0.29) is 12.2 Å². The third-order valence-electron chi connectivity index (χ3n) is 1.91. The molecule has 0 N–H and O–H groups in total. The predicted octanol–water partition coefficient (Wildman–Crippen LogP) is 1.08. The van der Waals surface area contributed by atoms with Crippen molar-refractivity contribution in [2.75, 3.05) is 13.2 Å². The Morgan fingerprint density at radius 3 is 3.07 bits per heavy atom. The number of aromatic nitrogens is 1. The Bertz CT molecular complexity index is 360. The second-order valence-corrected chi connectivity index (χ2v) is 2.94. The van der Waals surface area contributed by atoms with Crippen LogP contribution in [0.4, 0.5) is 0 Å². The van der Waals surface area contributed by atoms with Gasteiger partial charge in [-0.25, -0.2) is 0 Å². The second kappa shape index (κ2) is 4.00. The number of hydrogen-bond acceptors (Lipinski definition) is 4. The fraction of sp³-hybridized carbons (Fsp3) is 0.300. The first-order valence-electron chi connectivity index (χ1n) is 4.46. The van der Waals surface area contributed by atoms with Gasteiger partial charge in [0, 0.05) is 6.20 Å². The number of ketones is 1. The van der Waals surface area contributed by atoms with Crippen LogP contribution >= 0.6 is 0 Å². The summed E-state index contributed by atoms with van der Waals surface area (Å²) < 4.78 is 5.15. The summed E-state index contributed by atoms with van der Waals surface area (Å²) in [6, 6.07) is 5.26. The summed E-state index contributed by atoms with van der Waals surface area (Å²) >= 11 is 0. The molecule has 2 rings (SSSR count). The standard InChI is InChI=1S/C10H10N2O2/c13-9(7-10-12-5-6-14-10)8-3-1-2-4-11-8/h1-4H,5-7H2. The van der Waals surface area contributed by atoms with Crippen LogP contribution in [0.2, 0.25) is 0 Å². The van der Waals surface area contributed by atoms with Gasteiger partial charge >= 0.3 is 0 Å². The quantitative estimate of drug-likeness (QED) is 0.670. The Kier molecular flexibility index (Phi) is 2.53. The maximum Gasteiger partial charge on any atom is 0.191 e. The van der Waals surface area contributed by atoms with E-state index >= 15 is 0 Å². The number of carbonyl (C=O) groups excluding carboxylic acids is 1. The molecular formula is C10H10N2O2. The topological polar surface area (TPSA) is 51.5 Å². The molecule has 1 aromatic heterocycles. The summed E-state index contributed by atoms with van der Waals surface area (Å²) in [5.41, 5.74) is 0.464. The summed E-state index contributed by atoms with van der Waals surface area (Å²) in [7, 11) is 0. The summed E-state index contributed by atoms with van der Waals surface area (Å²) in [5, 5.41) is 0. The van der Waals surface area contributed by atoms with E-state index < -0.39 is 0 Å². The first-order chi connectivity index (χ1) is 6.86. The Morgan fingerprint density at radius 2 is 2.43 bits per heavy atom. The highest BCUT2D eigenvalue weighted by Gasteiger charge is 2.14. The van der Waals surface area contributed by atoms with Crippen LogP contribution in [0.15, 0.2) is 29.4 Å². The van der Waals surface area contributed by atoms with Gasteiger partial charge in [-0.2, -0.15) is 0 Å². The zero-order valence-corrected chi connectivity index (χ0v) is 7.64. The lowest BCUT2D eigenvalue weighted by molar-refractivity contribution is 0.0990. The van der Waals surface area contributed by atoms with Crippen molar-refractivity contribution >= 4 is 11.7 Å². The number of nitrogens with zero attached hydrogens (tertiary/aromatic N) is 2. The number of ether oxygens (including phenoxy) is 1. The molecule has 0 radical (unpaired) electrons. The first kappa shape index (κ1) is 8.87. The van der Waals surface area contributed by atoms with Crippen LogP contribution in [-0.2, 0) is 4.74 Å². The molecule has 2 heterocycles. The summed E-state index contributed by atoms with van der Waals surface area (Å²) in [6.45, 7) is 1.25. The molecule has 14 heavy (non-hydrogen) atoms. The molecule has 0 aliphatic carbocycles. The van der Waals surface area contributed by atoms with Gasteiger partial charge in [-0.3, -0.25) is 14.8 Å². The maximum atomic E-state index is 11.6. The van der Waals surface area contributed by atoms with Gasteiger partial charge in [0.2, 0.25) is 0 Å². The number of rotatable bonds is 3. The van der Waals surface area contributed by atoms with Crippen molar-refractivity contribution in [3.8, 4) is 0 Å². The van der Waals surface area contributed by atoms with E-state index in [9.17, 15) is 4.79 Å². The number of aliphatic imine (C=N–C) groups is 1. The highest BCUT2D eigenvalue weighted by atomic mass is 16.5. The normalized spacial score (nSPS) is 14.7. The molecule has 0 spiro atoms. The number of pyridine rings is 1. The minimum Gasteiger partial charge on any atom is -0.479 e. The molecule has 1 aliphatic rings. The van der Waals surface area contributed by atoms with Crippen molar-refractivity contribution in [3.05, 3.63) is 30.1 Å². The molecular weight excluding hydrogens is 180 g/mol. The molecule has 1 aromatic rings. The fourth-order valence-electron chi connectivity index (χ4n) is 1.24. The van der Waals surface area contributed by atoms with Gasteiger partial charge in [0.15, 0.2) is 11.7 Å². The van der Waals surface area contributed by atoms with Crippen LogP contribution in [0.3, 0.4) is 0 Å². The van der Waals surface area contributed by atoms with Gasteiger partial charge in [-0.05, 0) is 12.1 Å². The lowest BCUT2D eigenvalue weighted by Crippen LogP contribution is -2.09. The zero-order valence-electron chi connectivity index (χ0n) is 7.64. The summed E-state index contributed by atoms with van der Waals surface area (Å²) in [6.07, 6.45) is 1.82. The Morgan fingerprint density at radius 1 is 1.50 bits per heavy atom. The Labute approximate surface area is 81.6 Å². The smallest absolute Gasteiger partial charge is 0.191 e. The number of hydrogen-bond donors (Lipinski definition) is 0. The van der Waals surface area contributed by atoms with Crippen LogP contribution in [-0.4, -0.2) is 29.8 Å². The van der Waals surface area contributed by atoms with Crippen LogP contribution in [0.1, 0.15) is 16.9 Å². The summed E-state index contributed by atoms with van der Waals surface area (Å²) in [5.74, 6) is 0.479. The lowest BCUT2D eigenvalue weighted by atomic mass is 10.2. The monoisotopic (exact) mass is 190 g/mol. The van der Waals surface area contributed by atoms with Crippen molar-refractivity contribution in [1.29, 1.82) is 0 Å². The second-order valence-electron chi connectivity index (χ2n) is 2.94. The van der Waals surface area contributed by atoms with Gasteiger partial charge in [0.1, 0.15) is 12.3 Å². The molecule has 0 saturated heterocycles. The molecule has 1 aliphatic heterocycles. The molecule has 0 saturated carbocycles. The van der Waals surface area contributed by atoms with Crippen molar-refractivity contribution in [2.24, 2.45) is 4.99 Å². The van der Waals surface area contributed by atoms with Crippen LogP contribution in [0.25, 0.3) is 0 Å². The highest BCUT2D eigenvalue weighted by Crippen LogP contribution is 2.04.